The van der Waals surface area contributed by atoms with Gasteiger partial charge in [-0.1, -0.05) is 6.07 Å². The summed E-state index contributed by atoms with van der Waals surface area (Å²) < 4.78 is 28.1. The maximum absolute atomic E-state index is 14.0. The van der Waals surface area contributed by atoms with E-state index >= 15 is 0 Å². The van der Waals surface area contributed by atoms with Crippen LogP contribution in [0.25, 0.3) is 27.9 Å². The third kappa shape index (κ3) is 4.53. The molecule has 1 fully saturated rings. The van der Waals surface area contributed by atoms with Gasteiger partial charge < -0.3 is 16.0 Å². The van der Waals surface area contributed by atoms with Gasteiger partial charge in [-0.05, 0) is 25.1 Å². The van der Waals surface area contributed by atoms with Gasteiger partial charge in [0.15, 0.2) is 0 Å². The Balaban J connectivity index is 1.71. The zero-order chi connectivity index (χ0) is 21.8. The van der Waals surface area contributed by atoms with Gasteiger partial charge in [0.2, 0.25) is 0 Å². The number of aromatic nitrogens is 4. The molecule has 1 aliphatic heterocycles. The van der Waals surface area contributed by atoms with Crippen molar-refractivity contribution in [1.82, 2.24) is 25.5 Å². The van der Waals surface area contributed by atoms with Crippen molar-refractivity contribution in [2.24, 2.45) is 10.7 Å². The number of halogens is 2. The van der Waals surface area contributed by atoms with E-state index < -0.39 is 5.92 Å². The fraction of sp³-hybridized carbons (Fsp3) is 0.333. The molecule has 3 aromatic heterocycles. The van der Waals surface area contributed by atoms with Crippen molar-refractivity contribution in [3.8, 4) is 11.4 Å². The number of pyridine rings is 2. The summed E-state index contributed by atoms with van der Waals surface area (Å²) in [5.74, 6) is -2.33. The molecule has 0 atom stereocenters. The van der Waals surface area contributed by atoms with E-state index in [0.29, 0.717) is 48.1 Å². The van der Waals surface area contributed by atoms with Crippen molar-refractivity contribution in [3.63, 3.8) is 0 Å². The Kier molecular flexibility index (Phi) is 5.90. The number of aliphatic imine (C=N–C) groups is 1. The summed E-state index contributed by atoms with van der Waals surface area (Å²) in [6.45, 7) is 2.77. The molecule has 0 bridgehead atoms. The van der Waals surface area contributed by atoms with Gasteiger partial charge in [-0.25, -0.2) is 13.8 Å². The minimum Gasteiger partial charge on any atom is -0.404 e. The first kappa shape index (κ1) is 20.9. The van der Waals surface area contributed by atoms with Crippen LogP contribution in [0.4, 0.5) is 14.6 Å². The molecule has 162 valence electrons. The summed E-state index contributed by atoms with van der Waals surface area (Å²) >= 11 is 0. The molecule has 10 heteroatoms. The maximum Gasteiger partial charge on any atom is 0.277 e. The Labute approximate surface area is 178 Å². The predicted octanol–water partition coefficient (Wildman–Crippen LogP) is 2.46. The summed E-state index contributed by atoms with van der Waals surface area (Å²) in [5, 5.41) is 10.9. The smallest absolute Gasteiger partial charge is 0.277 e. The molecule has 0 aromatic carbocycles. The molecular weight excluding hydrogens is 402 g/mol. The molecule has 0 saturated carbocycles. The van der Waals surface area contributed by atoms with Crippen LogP contribution in [0.3, 0.4) is 0 Å². The van der Waals surface area contributed by atoms with Crippen LogP contribution in [0.5, 0.6) is 0 Å². The van der Waals surface area contributed by atoms with Crippen LogP contribution < -0.4 is 16.0 Å². The lowest BCUT2D eigenvalue weighted by Gasteiger charge is -2.24. The average molecular weight is 426 g/mol. The second-order valence-corrected chi connectivity index (χ2v) is 7.27. The Morgan fingerprint density at radius 1 is 1.39 bits per heavy atom. The van der Waals surface area contributed by atoms with E-state index in [4.69, 9.17) is 5.73 Å². The van der Waals surface area contributed by atoms with Crippen LogP contribution in [0.15, 0.2) is 41.7 Å². The lowest BCUT2D eigenvalue weighted by Crippen LogP contribution is -2.38. The minimum absolute atomic E-state index is 0.332. The van der Waals surface area contributed by atoms with Crippen molar-refractivity contribution in [1.29, 1.82) is 0 Å². The second-order valence-electron chi connectivity index (χ2n) is 7.27. The molecule has 3 aromatic rings. The number of aromatic amines is 1. The lowest BCUT2D eigenvalue weighted by atomic mass is 10.1. The number of fused-ring (bicyclic) bond motifs is 1. The molecule has 0 unspecified atom stereocenters. The minimum atomic E-state index is -2.82. The van der Waals surface area contributed by atoms with Gasteiger partial charge in [-0.3, -0.25) is 15.1 Å². The molecule has 0 radical (unpaired) electrons. The van der Waals surface area contributed by atoms with Crippen LogP contribution in [0, 0.1) is 0 Å². The molecule has 1 aliphatic rings. The molecule has 31 heavy (non-hydrogen) atoms. The number of H-pyrrole nitrogens is 1. The van der Waals surface area contributed by atoms with E-state index in [1.54, 1.807) is 29.4 Å². The molecule has 4 rings (SSSR count). The molecule has 1 saturated heterocycles. The van der Waals surface area contributed by atoms with Crippen molar-refractivity contribution >= 4 is 28.5 Å². The summed E-state index contributed by atoms with van der Waals surface area (Å²) in [7, 11) is 0. The number of hydrogen-bond donors (Lipinski definition) is 3. The van der Waals surface area contributed by atoms with E-state index in [9.17, 15) is 8.78 Å². The van der Waals surface area contributed by atoms with Crippen LogP contribution in [-0.4, -0.2) is 65.0 Å². The molecule has 0 spiro atoms. The SMILES string of the molecule is CCN=CC(=CN)c1cc2c(-c3cccc(N4CCNCC(F)(F)C4)n3)n[nH]c2cn1. The highest BCUT2D eigenvalue weighted by Crippen LogP contribution is 2.28. The van der Waals surface area contributed by atoms with Gasteiger partial charge in [-0.15, -0.1) is 0 Å². The first-order valence-corrected chi connectivity index (χ1v) is 10.1. The Morgan fingerprint density at radius 3 is 3.06 bits per heavy atom. The number of nitrogens with two attached hydrogens (primary N) is 1. The van der Waals surface area contributed by atoms with Crippen LogP contribution in [0.2, 0.25) is 0 Å². The first-order valence-electron chi connectivity index (χ1n) is 10.1. The Hall–Kier alpha value is -3.40. The van der Waals surface area contributed by atoms with Gasteiger partial charge >= 0.3 is 0 Å². The molecule has 0 aliphatic carbocycles. The normalized spacial score (nSPS) is 17.4. The summed E-state index contributed by atoms with van der Waals surface area (Å²) in [4.78, 5) is 14.9. The first-order chi connectivity index (χ1) is 15.0. The van der Waals surface area contributed by atoms with Gasteiger partial charge in [0.1, 0.15) is 11.5 Å². The fourth-order valence-electron chi connectivity index (χ4n) is 3.48. The van der Waals surface area contributed by atoms with Crippen molar-refractivity contribution in [3.05, 3.63) is 42.4 Å². The van der Waals surface area contributed by atoms with Gasteiger partial charge in [0, 0.05) is 43.0 Å². The lowest BCUT2D eigenvalue weighted by molar-refractivity contribution is 0.0156. The zero-order valence-electron chi connectivity index (χ0n) is 17.1. The monoisotopic (exact) mass is 426 g/mol. The number of rotatable bonds is 5. The average Bonchev–Trinajstić information content (AvgIpc) is 3.10. The van der Waals surface area contributed by atoms with Crippen molar-refractivity contribution < 1.29 is 8.78 Å². The highest BCUT2D eigenvalue weighted by atomic mass is 19.3. The van der Waals surface area contributed by atoms with Gasteiger partial charge in [0.05, 0.1) is 36.2 Å². The Bertz CT molecular complexity index is 1120. The number of nitrogens with one attached hydrogen (secondary N) is 2. The van der Waals surface area contributed by atoms with E-state index in [-0.39, 0.29) is 13.1 Å². The van der Waals surface area contributed by atoms with Crippen molar-refractivity contribution in [2.45, 2.75) is 12.8 Å². The molecule has 8 nitrogen and oxygen atoms in total. The van der Waals surface area contributed by atoms with E-state index in [0.717, 1.165) is 10.9 Å². The van der Waals surface area contributed by atoms with E-state index in [1.165, 1.54) is 6.20 Å². The second kappa shape index (κ2) is 8.76. The van der Waals surface area contributed by atoms with Crippen molar-refractivity contribution in [2.75, 3.05) is 37.6 Å². The fourth-order valence-corrected chi connectivity index (χ4v) is 3.48. The molecular formula is C21H24F2N8. The Morgan fingerprint density at radius 2 is 2.26 bits per heavy atom. The molecule has 4 heterocycles. The van der Waals surface area contributed by atoms with Crippen LogP contribution in [-0.2, 0) is 0 Å². The van der Waals surface area contributed by atoms with E-state index in [2.05, 4.69) is 30.5 Å². The largest absolute Gasteiger partial charge is 0.404 e. The summed E-state index contributed by atoms with van der Waals surface area (Å²) in [6, 6.07) is 7.22. The van der Waals surface area contributed by atoms with E-state index in [1.807, 2.05) is 19.1 Å². The predicted molar refractivity (Wildman–Crippen MR) is 118 cm³/mol. The van der Waals surface area contributed by atoms with Crippen LogP contribution in [0.1, 0.15) is 12.6 Å². The van der Waals surface area contributed by atoms with Crippen LogP contribution >= 0.6 is 0 Å². The maximum atomic E-state index is 14.0. The standard InChI is InChI=1S/C21H24F2N8/c1-2-25-10-14(9-24)17-8-15-18(11-27-17)29-30-20(15)16-4-3-5-19(28-16)31-7-6-26-12-21(22,23)13-31/h3-5,8-11,26H,2,6-7,12-13,24H2,1H3,(H,29,30). The quantitative estimate of drug-likeness (QED) is 0.541. The van der Waals surface area contributed by atoms with Gasteiger partial charge in [-0.2, -0.15) is 5.10 Å². The van der Waals surface area contributed by atoms with Gasteiger partial charge in [0.25, 0.3) is 5.92 Å². The number of alkyl halides is 2. The highest BCUT2D eigenvalue weighted by Gasteiger charge is 2.34. The molecule has 4 N–H and O–H groups in total. The topological polar surface area (TPSA) is 108 Å². The third-order valence-corrected chi connectivity index (χ3v) is 5.00. The number of nitrogens with zero attached hydrogens (tertiary/aromatic N) is 5. The zero-order valence-corrected chi connectivity index (χ0v) is 17.1. The number of hydrogen-bond acceptors (Lipinski definition) is 7. The number of anilines is 1. The summed E-state index contributed by atoms with van der Waals surface area (Å²) in [5.41, 5.74) is 9.03. The molecule has 0 amide bonds. The summed E-state index contributed by atoms with van der Waals surface area (Å²) in [6.07, 6.45) is 4.81. The third-order valence-electron chi connectivity index (χ3n) is 5.00. The number of allylic oxidation sites excluding steroid dienone is 1. The highest BCUT2D eigenvalue weighted by molar-refractivity contribution is 6.10.